The number of carbonyl (C=O) groups is 1. The lowest BCUT2D eigenvalue weighted by atomic mass is 10.2. The number of hydrogen-bond donors (Lipinski definition) is 1. The molecule has 0 saturated carbocycles. The Bertz CT molecular complexity index is 437. The Balaban J connectivity index is 2.70. The normalized spacial score (nSPS) is 10.6. The number of hydrogen-bond acceptors (Lipinski definition) is 4. The third-order valence-corrected chi connectivity index (χ3v) is 3.00. The number of likely N-dealkylation sites (N-methyl/N-ethyl adjacent to an activating group) is 1. The fourth-order valence-electron chi connectivity index (χ4n) is 1.68. The van der Waals surface area contributed by atoms with Crippen molar-refractivity contribution in [2.45, 2.75) is 27.2 Å². The number of anilines is 1. The molecule has 106 valence electrons. The fraction of sp³-hybridized carbons (Fsp3) is 0.615. The van der Waals surface area contributed by atoms with Gasteiger partial charge in [0.25, 0.3) is 0 Å². The molecule has 1 N–H and O–H groups in total. The first-order chi connectivity index (χ1) is 8.95. The molecule has 0 aliphatic heterocycles. The van der Waals surface area contributed by atoms with Crippen LogP contribution in [-0.4, -0.2) is 36.0 Å². The van der Waals surface area contributed by atoms with Crippen LogP contribution in [0.25, 0.3) is 0 Å². The molecule has 0 fully saturated rings. The molecule has 1 aromatic heterocycles. The Labute approximate surface area is 119 Å². The van der Waals surface area contributed by atoms with Gasteiger partial charge in [-0.05, 0) is 12.3 Å². The van der Waals surface area contributed by atoms with Crippen LogP contribution in [0.5, 0.6) is 0 Å². The van der Waals surface area contributed by atoms with Crippen LogP contribution >= 0.6 is 11.6 Å². The molecular weight excluding hydrogens is 264 g/mol. The van der Waals surface area contributed by atoms with Crippen LogP contribution < -0.4 is 10.2 Å². The number of rotatable bonds is 6. The predicted molar refractivity (Wildman–Crippen MR) is 77.5 cm³/mol. The number of nitrogens with zero attached hydrogens (tertiary/aromatic N) is 3. The van der Waals surface area contributed by atoms with E-state index >= 15 is 0 Å². The molecular formula is C13H21ClN4O. The van der Waals surface area contributed by atoms with Gasteiger partial charge in [-0.1, -0.05) is 32.4 Å². The number of halogens is 1. The van der Waals surface area contributed by atoms with E-state index in [-0.39, 0.29) is 12.5 Å². The van der Waals surface area contributed by atoms with E-state index < -0.39 is 0 Å². The Morgan fingerprint density at radius 1 is 1.47 bits per heavy atom. The van der Waals surface area contributed by atoms with Gasteiger partial charge in [-0.15, -0.1) is 0 Å². The summed E-state index contributed by atoms with van der Waals surface area (Å²) < 4.78 is 0. The number of nitrogens with one attached hydrogen (secondary N) is 1. The number of carbonyl (C=O) groups excluding carboxylic acids is 1. The van der Waals surface area contributed by atoms with Crippen molar-refractivity contribution in [1.82, 2.24) is 15.3 Å². The lowest BCUT2D eigenvalue weighted by Crippen LogP contribution is -2.37. The molecule has 0 bridgehead atoms. The second-order valence-corrected chi connectivity index (χ2v) is 5.23. The SMILES string of the molecule is CCc1c(Cl)ncnc1N(C)CC(=O)NCC(C)C. The lowest BCUT2D eigenvalue weighted by molar-refractivity contribution is -0.119. The molecule has 0 radical (unpaired) electrons. The van der Waals surface area contributed by atoms with E-state index in [1.54, 1.807) is 4.90 Å². The Kier molecular flexibility index (Phi) is 6.02. The molecule has 0 saturated heterocycles. The Hall–Kier alpha value is -1.36. The second kappa shape index (κ2) is 7.28. The smallest absolute Gasteiger partial charge is 0.239 e. The van der Waals surface area contributed by atoms with Gasteiger partial charge in [0.15, 0.2) is 0 Å². The maximum atomic E-state index is 11.8. The van der Waals surface area contributed by atoms with E-state index in [0.29, 0.717) is 23.4 Å². The molecule has 0 unspecified atom stereocenters. The zero-order valence-corrected chi connectivity index (χ0v) is 12.7. The molecule has 0 atom stereocenters. The van der Waals surface area contributed by atoms with Crippen molar-refractivity contribution in [2.24, 2.45) is 5.92 Å². The van der Waals surface area contributed by atoms with Crippen LogP contribution in [-0.2, 0) is 11.2 Å². The molecule has 1 aromatic rings. The topological polar surface area (TPSA) is 58.1 Å². The van der Waals surface area contributed by atoms with E-state index in [1.165, 1.54) is 6.33 Å². The summed E-state index contributed by atoms with van der Waals surface area (Å²) in [4.78, 5) is 21.7. The monoisotopic (exact) mass is 284 g/mol. The van der Waals surface area contributed by atoms with Crippen molar-refractivity contribution in [3.8, 4) is 0 Å². The second-order valence-electron chi connectivity index (χ2n) is 4.87. The van der Waals surface area contributed by atoms with Gasteiger partial charge in [-0.3, -0.25) is 4.79 Å². The summed E-state index contributed by atoms with van der Waals surface area (Å²) in [7, 11) is 1.83. The Morgan fingerprint density at radius 3 is 2.74 bits per heavy atom. The van der Waals surface area contributed by atoms with Crippen LogP contribution in [0.15, 0.2) is 6.33 Å². The van der Waals surface area contributed by atoms with E-state index in [0.717, 1.165) is 12.0 Å². The van der Waals surface area contributed by atoms with Crippen LogP contribution in [0, 0.1) is 5.92 Å². The fourth-order valence-corrected chi connectivity index (χ4v) is 1.94. The molecule has 5 nitrogen and oxygen atoms in total. The van der Waals surface area contributed by atoms with Crippen molar-refractivity contribution < 1.29 is 4.79 Å². The molecule has 1 heterocycles. The maximum absolute atomic E-state index is 11.8. The zero-order valence-electron chi connectivity index (χ0n) is 11.9. The van der Waals surface area contributed by atoms with Crippen LogP contribution in [0.4, 0.5) is 5.82 Å². The predicted octanol–water partition coefficient (Wildman–Crippen LogP) is 1.90. The van der Waals surface area contributed by atoms with E-state index in [4.69, 9.17) is 11.6 Å². The van der Waals surface area contributed by atoms with E-state index in [9.17, 15) is 4.79 Å². The molecule has 0 aromatic carbocycles. The lowest BCUT2D eigenvalue weighted by Gasteiger charge is -2.20. The molecule has 6 heteroatoms. The number of amides is 1. The van der Waals surface area contributed by atoms with Gasteiger partial charge < -0.3 is 10.2 Å². The summed E-state index contributed by atoms with van der Waals surface area (Å²) in [5.41, 5.74) is 0.864. The summed E-state index contributed by atoms with van der Waals surface area (Å²) in [6.45, 7) is 7.04. The summed E-state index contributed by atoms with van der Waals surface area (Å²) in [5.74, 6) is 1.13. The first-order valence-corrected chi connectivity index (χ1v) is 6.80. The summed E-state index contributed by atoms with van der Waals surface area (Å²) in [6.07, 6.45) is 2.15. The maximum Gasteiger partial charge on any atom is 0.239 e. The van der Waals surface area contributed by atoms with Crippen molar-refractivity contribution in [3.05, 3.63) is 17.0 Å². The van der Waals surface area contributed by atoms with Gasteiger partial charge in [-0.25, -0.2) is 9.97 Å². The minimum Gasteiger partial charge on any atom is -0.354 e. The average molecular weight is 285 g/mol. The first kappa shape index (κ1) is 15.7. The minimum absolute atomic E-state index is 0.0204. The average Bonchev–Trinajstić information content (AvgIpc) is 2.36. The quantitative estimate of drug-likeness (QED) is 0.811. The van der Waals surface area contributed by atoms with Gasteiger partial charge in [0.2, 0.25) is 5.91 Å². The molecule has 1 rings (SSSR count). The Morgan fingerprint density at radius 2 is 2.16 bits per heavy atom. The van der Waals surface area contributed by atoms with Crippen LogP contribution in [0.1, 0.15) is 26.3 Å². The van der Waals surface area contributed by atoms with Crippen molar-refractivity contribution in [3.63, 3.8) is 0 Å². The van der Waals surface area contributed by atoms with Gasteiger partial charge in [0.1, 0.15) is 17.3 Å². The van der Waals surface area contributed by atoms with Gasteiger partial charge in [0.05, 0.1) is 6.54 Å². The highest BCUT2D eigenvalue weighted by molar-refractivity contribution is 6.30. The van der Waals surface area contributed by atoms with Gasteiger partial charge in [0, 0.05) is 19.2 Å². The van der Waals surface area contributed by atoms with E-state index in [2.05, 4.69) is 29.1 Å². The number of aromatic nitrogens is 2. The third-order valence-electron chi connectivity index (χ3n) is 2.67. The van der Waals surface area contributed by atoms with Crippen molar-refractivity contribution in [2.75, 3.05) is 25.0 Å². The minimum atomic E-state index is -0.0204. The van der Waals surface area contributed by atoms with Gasteiger partial charge >= 0.3 is 0 Å². The molecule has 1 amide bonds. The summed E-state index contributed by atoms with van der Waals surface area (Å²) in [5, 5.41) is 3.32. The molecule has 0 aliphatic carbocycles. The zero-order chi connectivity index (χ0) is 14.4. The van der Waals surface area contributed by atoms with Gasteiger partial charge in [-0.2, -0.15) is 0 Å². The third kappa shape index (κ3) is 4.67. The first-order valence-electron chi connectivity index (χ1n) is 6.42. The van der Waals surface area contributed by atoms with Crippen molar-refractivity contribution in [1.29, 1.82) is 0 Å². The standard InChI is InChI=1S/C13H21ClN4O/c1-5-10-12(14)16-8-17-13(10)18(4)7-11(19)15-6-9(2)3/h8-9H,5-7H2,1-4H3,(H,15,19). The molecule has 0 spiro atoms. The largest absolute Gasteiger partial charge is 0.354 e. The molecule has 0 aliphatic rings. The van der Waals surface area contributed by atoms with Crippen molar-refractivity contribution >= 4 is 23.3 Å². The highest BCUT2D eigenvalue weighted by Gasteiger charge is 2.14. The highest BCUT2D eigenvalue weighted by Crippen LogP contribution is 2.22. The van der Waals surface area contributed by atoms with E-state index in [1.807, 2.05) is 14.0 Å². The van der Waals surface area contributed by atoms with Crippen LogP contribution in [0.3, 0.4) is 0 Å². The highest BCUT2D eigenvalue weighted by atomic mass is 35.5. The summed E-state index contributed by atoms with van der Waals surface area (Å²) >= 11 is 6.03. The summed E-state index contributed by atoms with van der Waals surface area (Å²) in [6, 6.07) is 0. The van der Waals surface area contributed by atoms with Crippen LogP contribution in [0.2, 0.25) is 5.15 Å². The molecule has 19 heavy (non-hydrogen) atoms.